The van der Waals surface area contributed by atoms with Crippen molar-refractivity contribution in [3.05, 3.63) is 16.5 Å². The third kappa shape index (κ3) is 4.42. The molecule has 5 nitrogen and oxygen atoms in total. The van der Waals surface area contributed by atoms with E-state index in [1.807, 2.05) is 6.07 Å². The van der Waals surface area contributed by atoms with E-state index in [1.165, 1.54) is 0 Å². The van der Waals surface area contributed by atoms with Crippen LogP contribution in [-0.4, -0.2) is 35.9 Å². The molecule has 1 aromatic rings. The fraction of sp³-hybridized carbons (Fsp3) is 0.667. The normalized spacial score (nSPS) is 19.3. The molecule has 0 unspecified atom stereocenters. The Kier molecular flexibility index (Phi) is 4.78. The van der Waals surface area contributed by atoms with Crippen LogP contribution in [0.2, 0.25) is 0 Å². The molecule has 1 aliphatic rings. The predicted octanol–water partition coefficient (Wildman–Crippen LogP) is 2.18. The van der Waals surface area contributed by atoms with Gasteiger partial charge in [-0.25, -0.2) is 18.4 Å². The number of aryl methyl sites for hydroxylation is 1. The maximum atomic E-state index is 11.4. The maximum absolute atomic E-state index is 11.4. The van der Waals surface area contributed by atoms with Gasteiger partial charge in [0, 0.05) is 18.5 Å². The second-order valence-electron chi connectivity index (χ2n) is 4.81. The highest BCUT2D eigenvalue weighted by Crippen LogP contribution is 2.19. The molecule has 106 valence electrons. The highest BCUT2D eigenvalue weighted by Gasteiger charge is 2.23. The van der Waals surface area contributed by atoms with Gasteiger partial charge in [0.1, 0.15) is 26.1 Å². The van der Waals surface area contributed by atoms with Crippen LogP contribution in [0.5, 0.6) is 0 Å². The summed E-state index contributed by atoms with van der Waals surface area (Å²) < 4.78 is 23.5. The zero-order chi connectivity index (χ0) is 13.9. The summed E-state index contributed by atoms with van der Waals surface area (Å²) in [4.78, 5) is 8.76. The van der Waals surface area contributed by atoms with Crippen molar-refractivity contribution in [3.63, 3.8) is 0 Å². The van der Waals surface area contributed by atoms with Gasteiger partial charge in [-0.05, 0) is 35.2 Å². The highest BCUT2D eigenvalue weighted by molar-refractivity contribution is 9.10. The SMILES string of the molecule is CCCc1nc(Br)cc(NC2CCS(=O)(=O)CC2)n1. The summed E-state index contributed by atoms with van der Waals surface area (Å²) >= 11 is 3.38. The summed E-state index contributed by atoms with van der Waals surface area (Å²) in [5.74, 6) is 2.11. The first-order valence-corrected chi connectivity index (χ1v) is 9.10. The van der Waals surface area contributed by atoms with Crippen LogP contribution in [0.1, 0.15) is 32.0 Å². The number of sulfone groups is 1. The fourth-order valence-corrected chi connectivity index (χ4v) is 4.03. The van der Waals surface area contributed by atoms with Gasteiger partial charge in [-0.1, -0.05) is 6.92 Å². The molecule has 1 aliphatic heterocycles. The van der Waals surface area contributed by atoms with Crippen molar-refractivity contribution in [2.45, 2.75) is 38.6 Å². The summed E-state index contributed by atoms with van der Waals surface area (Å²) in [6.45, 7) is 2.09. The Morgan fingerprint density at radius 3 is 2.68 bits per heavy atom. The Morgan fingerprint density at radius 1 is 1.37 bits per heavy atom. The van der Waals surface area contributed by atoms with Crippen LogP contribution < -0.4 is 5.32 Å². The van der Waals surface area contributed by atoms with Crippen molar-refractivity contribution in [3.8, 4) is 0 Å². The number of halogens is 1. The van der Waals surface area contributed by atoms with Crippen LogP contribution in [0.3, 0.4) is 0 Å². The average molecular weight is 348 g/mol. The quantitative estimate of drug-likeness (QED) is 0.845. The van der Waals surface area contributed by atoms with E-state index in [1.54, 1.807) is 0 Å². The molecule has 1 N–H and O–H groups in total. The van der Waals surface area contributed by atoms with Gasteiger partial charge in [-0.3, -0.25) is 0 Å². The van der Waals surface area contributed by atoms with E-state index in [2.05, 4.69) is 38.1 Å². The van der Waals surface area contributed by atoms with Crippen LogP contribution in [0.15, 0.2) is 10.7 Å². The molecule has 2 rings (SSSR count). The second-order valence-corrected chi connectivity index (χ2v) is 7.93. The maximum Gasteiger partial charge on any atom is 0.150 e. The fourth-order valence-electron chi connectivity index (χ4n) is 2.12. The molecule has 0 aliphatic carbocycles. The molecule has 0 atom stereocenters. The molecule has 1 saturated heterocycles. The monoisotopic (exact) mass is 347 g/mol. The molecule has 7 heteroatoms. The van der Waals surface area contributed by atoms with Crippen LogP contribution >= 0.6 is 15.9 Å². The molecular weight excluding hydrogens is 330 g/mol. The molecule has 1 fully saturated rings. The topological polar surface area (TPSA) is 72.0 Å². The molecular formula is C12H18BrN3O2S. The summed E-state index contributed by atoms with van der Waals surface area (Å²) in [7, 11) is -2.81. The zero-order valence-corrected chi connectivity index (χ0v) is 13.3. The van der Waals surface area contributed by atoms with Gasteiger partial charge < -0.3 is 5.32 Å². The number of hydrogen-bond acceptors (Lipinski definition) is 5. The summed E-state index contributed by atoms with van der Waals surface area (Å²) in [5, 5.41) is 3.31. The number of nitrogens with zero attached hydrogens (tertiary/aromatic N) is 2. The Hall–Kier alpha value is -0.690. The predicted molar refractivity (Wildman–Crippen MR) is 79.0 cm³/mol. The first-order valence-electron chi connectivity index (χ1n) is 6.49. The van der Waals surface area contributed by atoms with E-state index in [4.69, 9.17) is 0 Å². The van der Waals surface area contributed by atoms with Gasteiger partial charge in [-0.2, -0.15) is 0 Å². The van der Waals surface area contributed by atoms with E-state index in [0.29, 0.717) is 12.8 Å². The van der Waals surface area contributed by atoms with Gasteiger partial charge in [0.2, 0.25) is 0 Å². The van der Waals surface area contributed by atoms with E-state index < -0.39 is 9.84 Å². The second kappa shape index (κ2) is 6.17. The van der Waals surface area contributed by atoms with E-state index in [0.717, 1.165) is 29.1 Å². The first kappa shape index (κ1) is 14.7. The largest absolute Gasteiger partial charge is 0.367 e. The Labute approximate surface area is 122 Å². The zero-order valence-electron chi connectivity index (χ0n) is 10.9. The lowest BCUT2D eigenvalue weighted by atomic mass is 10.1. The van der Waals surface area contributed by atoms with Crippen LogP contribution in [0.25, 0.3) is 0 Å². The summed E-state index contributed by atoms with van der Waals surface area (Å²) in [6, 6.07) is 2.02. The van der Waals surface area contributed by atoms with Gasteiger partial charge >= 0.3 is 0 Å². The number of rotatable bonds is 4. The van der Waals surface area contributed by atoms with Crippen molar-refractivity contribution in [2.75, 3.05) is 16.8 Å². The molecule has 1 aromatic heterocycles. The highest BCUT2D eigenvalue weighted by atomic mass is 79.9. The average Bonchev–Trinajstić information content (AvgIpc) is 2.32. The van der Waals surface area contributed by atoms with Crippen LogP contribution in [-0.2, 0) is 16.3 Å². The van der Waals surface area contributed by atoms with Crippen LogP contribution in [0.4, 0.5) is 5.82 Å². The third-order valence-electron chi connectivity index (χ3n) is 3.12. The lowest BCUT2D eigenvalue weighted by Gasteiger charge is -2.23. The van der Waals surface area contributed by atoms with Gasteiger partial charge in [-0.15, -0.1) is 0 Å². The molecule has 0 radical (unpaired) electrons. The minimum atomic E-state index is -2.81. The first-order chi connectivity index (χ1) is 8.98. The van der Waals surface area contributed by atoms with Crippen molar-refractivity contribution in [1.82, 2.24) is 9.97 Å². The Balaban J connectivity index is 2.03. The minimum absolute atomic E-state index is 0.180. The molecule has 0 bridgehead atoms. The van der Waals surface area contributed by atoms with Gasteiger partial charge in [0.15, 0.2) is 0 Å². The third-order valence-corrected chi connectivity index (χ3v) is 5.24. The van der Waals surface area contributed by atoms with E-state index in [-0.39, 0.29) is 17.5 Å². The number of anilines is 1. The smallest absolute Gasteiger partial charge is 0.150 e. The number of hydrogen-bond donors (Lipinski definition) is 1. The van der Waals surface area contributed by atoms with Gasteiger partial charge in [0.05, 0.1) is 11.5 Å². The molecule has 19 heavy (non-hydrogen) atoms. The van der Waals surface area contributed by atoms with E-state index in [9.17, 15) is 8.42 Å². The number of nitrogens with one attached hydrogen (secondary N) is 1. The van der Waals surface area contributed by atoms with Crippen molar-refractivity contribution in [1.29, 1.82) is 0 Å². The molecule has 0 saturated carbocycles. The molecule has 2 heterocycles. The number of aromatic nitrogens is 2. The summed E-state index contributed by atoms with van der Waals surface area (Å²) in [5.41, 5.74) is 0. The standard InChI is InChI=1S/C12H18BrN3O2S/c1-2-3-11-15-10(13)8-12(16-11)14-9-4-6-19(17,18)7-5-9/h8-9H,2-7H2,1H3,(H,14,15,16). The minimum Gasteiger partial charge on any atom is -0.367 e. The van der Waals surface area contributed by atoms with Crippen molar-refractivity contribution < 1.29 is 8.42 Å². The van der Waals surface area contributed by atoms with Crippen molar-refractivity contribution >= 4 is 31.6 Å². The molecule has 0 aromatic carbocycles. The Morgan fingerprint density at radius 2 is 2.05 bits per heavy atom. The summed E-state index contributed by atoms with van der Waals surface area (Å²) in [6.07, 6.45) is 3.13. The lowest BCUT2D eigenvalue weighted by Crippen LogP contribution is -2.32. The lowest BCUT2D eigenvalue weighted by molar-refractivity contribution is 0.558. The Bertz CT molecular complexity index is 534. The van der Waals surface area contributed by atoms with Crippen molar-refractivity contribution in [2.24, 2.45) is 0 Å². The van der Waals surface area contributed by atoms with Gasteiger partial charge in [0.25, 0.3) is 0 Å². The van der Waals surface area contributed by atoms with E-state index >= 15 is 0 Å². The van der Waals surface area contributed by atoms with Crippen LogP contribution in [0, 0.1) is 0 Å². The molecule has 0 spiro atoms. The molecule has 0 amide bonds.